The van der Waals surface area contributed by atoms with Crippen molar-refractivity contribution < 1.29 is 14.3 Å². The van der Waals surface area contributed by atoms with Crippen LogP contribution in [0.15, 0.2) is 36.7 Å². The molecule has 0 bridgehead atoms. The minimum absolute atomic E-state index is 0.00270. The van der Waals surface area contributed by atoms with Crippen LogP contribution < -0.4 is 9.64 Å². The van der Waals surface area contributed by atoms with Crippen LogP contribution in [0.4, 0.5) is 5.82 Å². The Hall–Kier alpha value is -3.75. The molecule has 0 radical (unpaired) electrons. The molecule has 9 nitrogen and oxygen atoms in total. The first-order valence-electron chi connectivity index (χ1n) is 11.0. The first-order valence-corrected chi connectivity index (χ1v) is 11.0. The fourth-order valence-electron chi connectivity index (χ4n) is 4.64. The highest BCUT2D eigenvalue weighted by Crippen LogP contribution is 2.36. The summed E-state index contributed by atoms with van der Waals surface area (Å²) in [4.78, 5) is 39.1. The molecule has 0 N–H and O–H groups in total. The summed E-state index contributed by atoms with van der Waals surface area (Å²) >= 11 is 0. The number of benzene rings is 1. The number of ether oxygens (including phenoxy) is 1. The Morgan fingerprint density at radius 3 is 2.88 bits per heavy atom. The highest BCUT2D eigenvalue weighted by atomic mass is 16.5. The van der Waals surface area contributed by atoms with Crippen molar-refractivity contribution in [1.82, 2.24) is 24.6 Å². The maximum absolute atomic E-state index is 13.1. The molecular weight excluding hydrogens is 420 g/mol. The summed E-state index contributed by atoms with van der Waals surface area (Å²) in [5.74, 6) is 1.90. The van der Waals surface area contributed by atoms with Gasteiger partial charge in [0.2, 0.25) is 5.91 Å². The Morgan fingerprint density at radius 2 is 2.12 bits per heavy atom. The van der Waals surface area contributed by atoms with Crippen molar-refractivity contribution in [1.29, 1.82) is 0 Å². The summed E-state index contributed by atoms with van der Waals surface area (Å²) in [6, 6.07) is 7.45. The lowest BCUT2D eigenvalue weighted by Gasteiger charge is -2.25. The largest absolute Gasteiger partial charge is 0.497 e. The highest BCUT2D eigenvalue weighted by molar-refractivity contribution is 6.00. The first kappa shape index (κ1) is 21.1. The molecule has 5 rings (SSSR count). The van der Waals surface area contributed by atoms with E-state index in [2.05, 4.69) is 5.10 Å². The molecule has 1 atom stereocenters. The van der Waals surface area contributed by atoms with Crippen LogP contribution in [-0.2, 0) is 24.8 Å². The molecule has 1 unspecified atom stereocenters. The monoisotopic (exact) mass is 446 g/mol. The first-order chi connectivity index (χ1) is 15.9. The zero-order valence-corrected chi connectivity index (χ0v) is 19.0. The lowest BCUT2D eigenvalue weighted by atomic mass is 10.1. The molecule has 2 aliphatic rings. The topological polar surface area (TPSA) is 93.5 Å². The van der Waals surface area contributed by atoms with Gasteiger partial charge >= 0.3 is 0 Å². The van der Waals surface area contributed by atoms with E-state index in [0.29, 0.717) is 30.3 Å². The van der Waals surface area contributed by atoms with Crippen LogP contribution in [0.2, 0.25) is 0 Å². The van der Waals surface area contributed by atoms with Gasteiger partial charge in [-0.3, -0.25) is 19.2 Å². The van der Waals surface area contributed by atoms with Gasteiger partial charge in [-0.25, -0.2) is 9.97 Å². The molecule has 2 aromatic heterocycles. The number of nitrogens with zero attached hydrogens (tertiary/aromatic N) is 6. The van der Waals surface area contributed by atoms with Gasteiger partial charge in [0.1, 0.15) is 11.6 Å². The average molecular weight is 447 g/mol. The Labute approximate surface area is 192 Å². The van der Waals surface area contributed by atoms with Crippen molar-refractivity contribution in [3.8, 4) is 5.75 Å². The van der Waals surface area contributed by atoms with Crippen LogP contribution in [0.1, 0.15) is 51.9 Å². The Morgan fingerprint density at radius 1 is 1.27 bits per heavy atom. The number of likely N-dealkylation sites (tertiary alicyclic amines) is 1. The molecule has 0 saturated carbocycles. The molecule has 1 saturated heterocycles. The highest BCUT2D eigenvalue weighted by Gasteiger charge is 2.37. The van der Waals surface area contributed by atoms with E-state index >= 15 is 0 Å². The third kappa shape index (κ3) is 3.83. The van der Waals surface area contributed by atoms with Crippen LogP contribution in [0, 0.1) is 6.92 Å². The summed E-state index contributed by atoms with van der Waals surface area (Å²) < 4.78 is 6.94. The number of hydrogen-bond acceptors (Lipinski definition) is 6. The van der Waals surface area contributed by atoms with Crippen molar-refractivity contribution in [2.24, 2.45) is 7.05 Å². The Kier molecular flexibility index (Phi) is 5.32. The molecule has 2 aliphatic heterocycles. The second-order valence-corrected chi connectivity index (χ2v) is 8.54. The number of fused-ring (bicyclic) bond motifs is 1. The number of methoxy groups -OCH3 is 1. The van der Waals surface area contributed by atoms with Crippen molar-refractivity contribution in [3.63, 3.8) is 0 Å². The normalized spacial score (nSPS) is 17.5. The van der Waals surface area contributed by atoms with E-state index in [1.54, 1.807) is 36.1 Å². The van der Waals surface area contributed by atoms with Gasteiger partial charge in [0, 0.05) is 31.0 Å². The number of carbonyl (C=O) groups excluding carboxylic acids is 2. The molecule has 1 fully saturated rings. The molecule has 0 spiro atoms. The van der Waals surface area contributed by atoms with Crippen LogP contribution in [0.25, 0.3) is 0 Å². The zero-order valence-electron chi connectivity index (χ0n) is 19.0. The van der Waals surface area contributed by atoms with Gasteiger partial charge in [0.15, 0.2) is 5.82 Å². The minimum Gasteiger partial charge on any atom is -0.497 e. The van der Waals surface area contributed by atoms with Gasteiger partial charge < -0.3 is 9.64 Å². The van der Waals surface area contributed by atoms with Gasteiger partial charge in [-0.15, -0.1) is 0 Å². The molecule has 3 aromatic rings. The third-order valence-corrected chi connectivity index (χ3v) is 6.33. The average Bonchev–Trinajstić information content (AvgIpc) is 3.54. The van der Waals surface area contributed by atoms with E-state index < -0.39 is 0 Å². The van der Waals surface area contributed by atoms with E-state index in [4.69, 9.17) is 14.7 Å². The number of carbonyl (C=O) groups is 2. The molecule has 2 amide bonds. The Bertz CT molecular complexity index is 1240. The SMILES string of the molecule is COc1cccc(CN2C(=O)Cc3c(C)nc(C4CCCN4C(=O)c4cnn(C)c4)nc32)c1. The lowest BCUT2D eigenvalue weighted by Crippen LogP contribution is -2.32. The van der Waals surface area contributed by atoms with Gasteiger partial charge in [-0.1, -0.05) is 12.1 Å². The molecule has 33 heavy (non-hydrogen) atoms. The van der Waals surface area contributed by atoms with E-state index in [1.807, 2.05) is 36.1 Å². The summed E-state index contributed by atoms with van der Waals surface area (Å²) in [6.07, 6.45) is 5.26. The van der Waals surface area contributed by atoms with Crippen molar-refractivity contribution in [3.05, 3.63) is 64.9 Å². The molecule has 9 heteroatoms. The smallest absolute Gasteiger partial charge is 0.257 e. The molecular formula is C24H26N6O3. The van der Waals surface area contributed by atoms with E-state index in [1.165, 1.54) is 0 Å². The summed E-state index contributed by atoms with van der Waals surface area (Å²) in [7, 11) is 3.41. The standard InChI is InChI=1S/C24H26N6O3/c1-15-19-11-21(31)30(13-16-6-4-7-18(10-16)33-3)23(19)27-22(26-15)20-8-5-9-29(20)24(32)17-12-25-28(2)14-17/h4,6-7,10,12,14,20H,5,8-9,11,13H2,1-3H3. The summed E-state index contributed by atoms with van der Waals surface area (Å²) in [5.41, 5.74) is 3.16. The maximum atomic E-state index is 13.1. The number of aromatic nitrogens is 4. The number of anilines is 1. The van der Waals surface area contributed by atoms with Crippen molar-refractivity contribution in [2.45, 2.75) is 38.8 Å². The van der Waals surface area contributed by atoms with Crippen molar-refractivity contribution >= 4 is 17.6 Å². The van der Waals surface area contributed by atoms with Crippen LogP contribution in [0.5, 0.6) is 5.75 Å². The predicted molar refractivity (Wildman–Crippen MR) is 121 cm³/mol. The van der Waals surface area contributed by atoms with Crippen molar-refractivity contribution in [2.75, 3.05) is 18.6 Å². The maximum Gasteiger partial charge on any atom is 0.257 e. The molecule has 1 aromatic carbocycles. The van der Waals surface area contributed by atoms with E-state index in [-0.39, 0.29) is 24.3 Å². The van der Waals surface area contributed by atoms with Crippen LogP contribution in [0.3, 0.4) is 0 Å². The summed E-state index contributed by atoms with van der Waals surface area (Å²) in [5, 5.41) is 4.12. The third-order valence-electron chi connectivity index (χ3n) is 6.33. The number of amides is 2. The van der Waals surface area contributed by atoms with E-state index in [0.717, 1.165) is 35.4 Å². The van der Waals surface area contributed by atoms with Gasteiger partial charge in [0.25, 0.3) is 5.91 Å². The second kappa shape index (κ2) is 8.31. The number of aryl methyl sites for hydroxylation is 2. The molecule has 170 valence electrons. The second-order valence-electron chi connectivity index (χ2n) is 8.54. The predicted octanol–water partition coefficient (Wildman–Crippen LogP) is 2.59. The van der Waals surface area contributed by atoms with E-state index in [9.17, 15) is 9.59 Å². The summed E-state index contributed by atoms with van der Waals surface area (Å²) in [6.45, 7) is 2.96. The molecule has 4 heterocycles. The van der Waals surface area contributed by atoms with Crippen LogP contribution >= 0.6 is 0 Å². The quantitative estimate of drug-likeness (QED) is 0.598. The van der Waals surface area contributed by atoms with Gasteiger partial charge in [0.05, 0.1) is 37.9 Å². The number of rotatable bonds is 5. The Balaban J connectivity index is 1.46. The van der Waals surface area contributed by atoms with Gasteiger partial charge in [-0.2, -0.15) is 5.10 Å². The number of hydrogen-bond donors (Lipinski definition) is 0. The minimum atomic E-state index is -0.226. The lowest BCUT2D eigenvalue weighted by molar-refractivity contribution is -0.117. The van der Waals surface area contributed by atoms with Crippen LogP contribution in [-0.4, -0.2) is 50.1 Å². The zero-order chi connectivity index (χ0) is 23.1. The van der Waals surface area contributed by atoms with Gasteiger partial charge in [-0.05, 0) is 37.5 Å². The fourth-order valence-corrected chi connectivity index (χ4v) is 4.64. The fraction of sp³-hybridized carbons (Fsp3) is 0.375. The molecule has 0 aliphatic carbocycles.